The molecule has 0 fully saturated rings. The van der Waals surface area contributed by atoms with E-state index in [1.54, 1.807) is 0 Å². The first-order valence-corrected chi connectivity index (χ1v) is 14.0. The molecular formula is C30H52O5. The fourth-order valence-corrected chi connectivity index (χ4v) is 3.56. The lowest BCUT2D eigenvalue weighted by atomic mass is 10.1. The minimum atomic E-state index is -0.768. The summed E-state index contributed by atoms with van der Waals surface area (Å²) < 4.78 is 10.4. The van der Waals surface area contributed by atoms with Gasteiger partial charge in [-0.1, -0.05) is 102 Å². The van der Waals surface area contributed by atoms with Crippen molar-refractivity contribution in [3.8, 4) is 0 Å². The highest BCUT2D eigenvalue weighted by Gasteiger charge is 2.15. The van der Waals surface area contributed by atoms with E-state index in [0.29, 0.717) is 12.8 Å². The van der Waals surface area contributed by atoms with Gasteiger partial charge in [0.05, 0.1) is 6.61 Å². The van der Waals surface area contributed by atoms with Crippen molar-refractivity contribution in [2.75, 3.05) is 13.2 Å². The lowest BCUT2D eigenvalue weighted by Gasteiger charge is -2.15. The zero-order valence-electron chi connectivity index (χ0n) is 22.6. The number of esters is 2. The maximum Gasteiger partial charge on any atom is 0.306 e. The zero-order chi connectivity index (χ0) is 25.8. The predicted octanol–water partition coefficient (Wildman–Crippen LogP) is 7.77. The van der Waals surface area contributed by atoms with Gasteiger partial charge in [-0.25, -0.2) is 0 Å². The number of allylic oxidation sites excluding steroid dienone is 6. The second-order valence-electron chi connectivity index (χ2n) is 9.10. The lowest BCUT2D eigenvalue weighted by Crippen LogP contribution is -2.28. The number of rotatable bonds is 24. The molecule has 5 nitrogen and oxygen atoms in total. The molecule has 1 N–H and O–H groups in total. The first kappa shape index (κ1) is 33.1. The normalized spacial score (nSPS) is 12.7. The Morgan fingerprint density at radius 3 is 1.86 bits per heavy atom. The fraction of sp³-hybridized carbons (Fsp3) is 0.733. The van der Waals surface area contributed by atoms with Crippen LogP contribution in [0.5, 0.6) is 0 Å². The quantitative estimate of drug-likeness (QED) is 0.0846. The summed E-state index contributed by atoms with van der Waals surface area (Å²) in [4.78, 5) is 23.7. The molecule has 0 aliphatic heterocycles. The van der Waals surface area contributed by atoms with Crippen LogP contribution in [-0.2, 0) is 19.1 Å². The number of ether oxygens (including phenoxy) is 2. The molecule has 202 valence electrons. The van der Waals surface area contributed by atoms with Gasteiger partial charge in [-0.05, 0) is 44.9 Å². The highest BCUT2D eigenvalue weighted by molar-refractivity contribution is 5.70. The summed E-state index contributed by atoms with van der Waals surface area (Å²) in [7, 11) is 0. The average molecular weight is 493 g/mol. The Labute approximate surface area is 215 Å². The number of aliphatic hydroxyl groups is 1. The van der Waals surface area contributed by atoms with E-state index in [-0.39, 0.29) is 25.2 Å². The molecule has 0 bridgehead atoms. The highest BCUT2D eigenvalue weighted by Crippen LogP contribution is 2.11. The zero-order valence-corrected chi connectivity index (χ0v) is 22.6. The number of hydrogen-bond acceptors (Lipinski definition) is 5. The van der Waals surface area contributed by atoms with Crippen molar-refractivity contribution >= 4 is 11.9 Å². The molecule has 35 heavy (non-hydrogen) atoms. The molecule has 0 aromatic rings. The van der Waals surface area contributed by atoms with Crippen molar-refractivity contribution < 1.29 is 24.2 Å². The van der Waals surface area contributed by atoms with Crippen molar-refractivity contribution in [3.05, 3.63) is 36.5 Å². The van der Waals surface area contributed by atoms with Gasteiger partial charge in [0.25, 0.3) is 0 Å². The second kappa shape index (κ2) is 26.7. The largest absolute Gasteiger partial charge is 0.462 e. The van der Waals surface area contributed by atoms with Crippen LogP contribution >= 0.6 is 0 Å². The van der Waals surface area contributed by atoms with Gasteiger partial charge in [0.15, 0.2) is 6.10 Å². The van der Waals surface area contributed by atoms with Crippen molar-refractivity contribution in [1.82, 2.24) is 0 Å². The summed E-state index contributed by atoms with van der Waals surface area (Å²) >= 11 is 0. The highest BCUT2D eigenvalue weighted by atomic mass is 16.6. The minimum absolute atomic E-state index is 0.0720. The van der Waals surface area contributed by atoms with E-state index in [4.69, 9.17) is 9.47 Å². The minimum Gasteiger partial charge on any atom is -0.462 e. The molecule has 0 saturated carbocycles. The Balaban J connectivity index is 3.58. The monoisotopic (exact) mass is 492 g/mol. The third kappa shape index (κ3) is 25.0. The molecule has 0 aliphatic carbocycles. The maximum absolute atomic E-state index is 12.0. The summed E-state index contributed by atoms with van der Waals surface area (Å²) in [5.74, 6) is -0.628. The second-order valence-corrected chi connectivity index (χ2v) is 9.10. The summed E-state index contributed by atoms with van der Waals surface area (Å²) in [5, 5.41) is 9.38. The average Bonchev–Trinajstić information content (AvgIpc) is 2.86. The van der Waals surface area contributed by atoms with Gasteiger partial charge in [-0.15, -0.1) is 0 Å². The van der Waals surface area contributed by atoms with Gasteiger partial charge >= 0.3 is 11.9 Å². The molecule has 5 heteroatoms. The third-order valence-corrected chi connectivity index (χ3v) is 5.70. The van der Waals surface area contributed by atoms with Gasteiger partial charge in [-0.3, -0.25) is 9.59 Å². The van der Waals surface area contributed by atoms with Crippen molar-refractivity contribution in [2.45, 2.75) is 129 Å². The molecule has 1 unspecified atom stereocenters. The van der Waals surface area contributed by atoms with E-state index < -0.39 is 6.10 Å². The van der Waals surface area contributed by atoms with Crippen LogP contribution in [0.1, 0.15) is 123 Å². The summed E-state index contributed by atoms with van der Waals surface area (Å²) in [6, 6.07) is 0. The Hall–Kier alpha value is -1.88. The molecule has 0 aromatic heterocycles. The van der Waals surface area contributed by atoms with E-state index in [1.165, 1.54) is 25.7 Å². The van der Waals surface area contributed by atoms with Gasteiger partial charge in [0.1, 0.15) is 6.61 Å². The van der Waals surface area contributed by atoms with Crippen LogP contribution in [0.15, 0.2) is 36.5 Å². The van der Waals surface area contributed by atoms with E-state index in [1.807, 2.05) is 0 Å². The number of carbonyl (C=O) groups is 2. The Bertz CT molecular complexity index is 579. The first-order chi connectivity index (χ1) is 17.1. The first-order valence-electron chi connectivity index (χ1n) is 14.0. The Morgan fingerprint density at radius 2 is 1.23 bits per heavy atom. The van der Waals surface area contributed by atoms with Gasteiger partial charge in [-0.2, -0.15) is 0 Å². The van der Waals surface area contributed by atoms with Crippen LogP contribution in [0.2, 0.25) is 0 Å². The molecular weight excluding hydrogens is 440 g/mol. The third-order valence-electron chi connectivity index (χ3n) is 5.70. The summed E-state index contributed by atoms with van der Waals surface area (Å²) in [5.41, 5.74) is 0. The molecule has 0 spiro atoms. The van der Waals surface area contributed by atoms with E-state index in [9.17, 15) is 14.7 Å². The number of unbranched alkanes of at least 4 members (excludes halogenated alkanes) is 10. The van der Waals surface area contributed by atoms with Crippen molar-refractivity contribution in [3.63, 3.8) is 0 Å². The SMILES string of the molecule is CC/C=C\C/C=C\C/C=C\CCCCCCCCCC(=O)OC(CO)COC(=O)CCCCCC. The molecule has 0 amide bonds. The van der Waals surface area contributed by atoms with Gasteiger partial charge in [0, 0.05) is 12.8 Å². The molecule has 0 aromatic carbocycles. The maximum atomic E-state index is 12.0. The van der Waals surface area contributed by atoms with E-state index >= 15 is 0 Å². The smallest absolute Gasteiger partial charge is 0.306 e. The number of carbonyl (C=O) groups excluding carboxylic acids is 2. The standard InChI is InChI=1S/C30H52O5/c1-3-5-7-9-10-11-12-13-14-15-16-17-18-19-20-21-23-25-30(33)35-28(26-31)27-34-29(32)24-22-8-6-4-2/h5,7,10-11,13-14,28,31H,3-4,6,8-9,12,15-27H2,1-2H3/b7-5-,11-10-,14-13-. The topological polar surface area (TPSA) is 72.8 Å². The predicted molar refractivity (Wildman–Crippen MR) is 145 cm³/mol. The van der Waals surface area contributed by atoms with Crippen LogP contribution in [0, 0.1) is 0 Å². The van der Waals surface area contributed by atoms with Gasteiger partial charge < -0.3 is 14.6 Å². The van der Waals surface area contributed by atoms with Crippen molar-refractivity contribution in [1.29, 1.82) is 0 Å². The molecule has 0 saturated heterocycles. The Morgan fingerprint density at radius 1 is 0.686 bits per heavy atom. The van der Waals surface area contributed by atoms with E-state index in [0.717, 1.165) is 70.6 Å². The fourth-order valence-electron chi connectivity index (χ4n) is 3.56. The van der Waals surface area contributed by atoms with Crippen LogP contribution < -0.4 is 0 Å². The Kier molecular flexibility index (Phi) is 25.3. The molecule has 0 radical (unpaired) electrons. The molecule has 0 aliphatic rings. The van der Waals surface area contributed by atoms with Gasteiger partial charge in [0.2, 0.25) is 0 Å². The van der Waals surface area contributed by atoms with Crippen molar-refractivity contribution in [2.24, 2.45) is 0 Å². The van der Waals surface area contributed by atoms with Crippen LogP contribution in [-0.4, -0.2) is 36.4 Å². The van der Waals surface area contributed by atoms with E-state index in [2.05, 4.69) is 50.3 Å². The van der Waals surface area contributed by atoms with Crippen LogP contribution in [0.3, 0.4) is 0 Å². The lowest BCUT2D eigenvalue weighted by molar-refractivity contribution is -0.161. The molecule has 0 heterocycles. The summed E-state index contributed by atoms with van der Waals surface area (Å²) in [6.45, 7) is 3.86. The molecule has 1 atom stereocenters. The number of hydrogen-bond donors (Lipinski definition) is 1. The number of aliphatic hydroxyl groups excluding tert-OH is 1. The molecule has 0 rings (SSSR count). The van der Waals surface area contributed by atoms with Crippen LogP contribution in [0.25, 0.3) is 0 Å². The van der Waals surface area contributed by atoms with Crippen LogP contribution in [0.4, 0.5) is 0 Å². The summed E-state index contributed by atoms with van der Waals surface area (Å²) in [6.07, 6.45) is 29.5.